The summed E-state index contributed by atoms with van der Waals surface area (Å²) in [5.41, 5.74) is 7.65. The fourth-order valence-electron chi connectivity index (χ4n) is 2.49. The number of carbonyl (C=O) groups is 2. The van der Waals surface area contributed by atoms with Crippen molar-refractivity contribution in [3.8, 4) is 0 Å². The topological polar surface area (TPSA) is 113 Å². The highest BCUT2D eigenvalue weighted by Crippen LogP contribution is 2.18. The Morgan fingerprint density at radius 1 is 1.14 bits per heavy atom. The zero-order valence-corrected chi connectivity index (χ0v) is 14.3. The summed E-state index contributed by atoms with van der Waals surface area (Å²) >= 11 is 0. The quantitative estimate of drug-likeness (QED) is 0.515. The summed E-state index contributed by atoms with van der Waals surface area (Å²) in [5.74, 6) is -4.12. The molecule has 1 atom stereocenters. The molecule has 0 bridgehead atoms. The zero-order valence-electron chi connectivity index (χ0n) is 14.3. The highest BCUT2D eigenvalue weighted by atomic mass is 19.4. The van der Waals surface area contributed by atoms with Gasteiger partial charge in [0.15, 0.2) is 5.65 Å². The van der Waals surface area contributed by atoms with Crippen LogP contribution in [0.3, 0.4) is 0 Å². The van der Waals surface area contributed by atoms with Gasteiger partial charge in [-0.1, -0.05) is 30.3 Å². The fourth-order valence-corrected chi connectivity index (χ4v) is 2.49. The minimum atomic E-state index is -5.28. The van der Waals surface area contributed by atoms with Crippen molar-refractivity contribution in [1.82, 2.24) is 19.5 Å². The maximum Gasteiger partial charge on any atom is 0.491 e. The van der Waals surface area contributed by atoms with Crippen LogP contribution in [-0.4, -0.2) is 43.7 Å². The van der Waals surface area contributed by atoms with Gasteiger partial charge in [-0.15, -0.1) is 0 Å². The number of aromatic nitrogens is 4. The van der Waals surface area contributed by atoms with E-state index in [1.54, 1.807) is 4.57 Å². The maximum atomic E-state index is 12.2. The standard InChI is InChI=1S/C17H14F3N5O3/c18-17(19,20)16(27)28-15(26)11(21)6-12-13-14(23-8-22-12)25(9-24-13)7-10-4-2-1-3-5-10/h1-5,8-9,11H,6-7,21H2. The molecule has 0 aliphatic carbocycles. The Kier molecular flexibility index (Phi) is 5.36. The van der Waals surface area contributed by atoms with E-state index in [2.05, 4.69) is 19.7 Å². The fraction of sp³-hybridized carbons (Fsp3) is 0.235. The smallest absolute Gasteiger partial charge is 0.385 e. The molecule has 2 aromatic heterocycles. The lowest BCUT2D eigenvalue weighted by molar-refractivity contribution is -0.202. The van der Waals surface area contributed by atoms with Gasteiger partial charge in [0.05, 0.1) is 18.6 Å². The van der Waals surface area contributed by atoms with Gasteiger partial charge in [-0.05, 0) is 5.56 Å². The Bertz CT molecular complexity index is 1000. The van der Waals surface area contributed by atoms with E-state index >= 15 is 0 Å². The third-order valence-electron chi connectivity index (χ3n) is 3.81. The minimum Gasteiger partial charge on any atom is -0.385 e. The normalized spacial score (nSPS) is 12.7. The molecule has 8 nitrogen and oxygen atoms in total. The van der Waals surface area contributed by atoms with E-state index < -0.39 is 24.2 Å². The van der Waals surface area contributed by atoms with E-state index in [-0.39, 0.29) is 12.1 Å². The Morgan fingerprint density at radius 3 is 2.54 bits per heavy atom. The summed E-state index contributed by atoms with van der Waals surface area (Å²) in [6.07, 6.45) is -2.79. The lowest BCUT2D eigenvalue weighted by Gasteiger charge is -2.11. The molecule has 2 N–H and O–H groups in total. The van der Waals surface area contributed by atoms with Crippen LogP contribution in [0.1, 0.15) is 11.3 Å². The molecule has 0 amide bonds. The summed E-state index contributed by atoms with van der Waals surface area (Å²) in [7, 11) is 0. The van der Waals surface area contributed by atoms with Gasteiger partial charge >= 0.3 is 18.1 Å². The number of ether oxygens (including phenoxy) is 1. The molecule has 0 saturated carbocycles. The number of hydrogen-bond donors (Lipinski definition) is 1. The Hall–Kier alpha value is -3.34. The third-order valence-corrected chi connectivity index (χ3v) is 3.81. The molecule has 3 rings (SSSR count). The molecule has 0 fully saturated rings. The second kappa shape index (κ2) is 7.72. The number of alkyl halides is 3. The molecular weight excluding hydrogens is 379 g/mol. The van der Waals surface area contributed by atoms with E-state index in [1.807, 2.05) is 30.3 Å². The summed E-state index contributed by atoms with van der Waals surface area (Å²) in [6.45, 7) is 0.488. The summed E-state index contributed by atoms with van der Waals surface area (Å²) in [6, 6.07) is 8.00. The number of esters is 2. The van der Waals surface area contributed by atoms with E-state index in [1.165, 1.54) is 12.7 Å². The maximum absolute atomic E-state index is 12.2. The first-order valence-corrected chi connectivity index (χ1v) is 8.02. The van der Waals surface area contributed by atoms with Gasteiger partial charge < -0.3 is 15.0 Å². The van der Waals surface area contributed by atoms with Crippen molar-refractivity contribution < 1.29 is 27.5 Å². The van der Waals surface area contributed by atoms with Crippen molar-refractivity contribution in [2.24, 2.45) is 5.73 Å². The van der Waals surface area contributed by atoms with Crippen LogP contribution in [0.4, 0.5) is 13.2 Å². The second-order valence-corrected chi connectivity index (χ2v) is 5.87. The molecular formula is C17H14F3N5O3. The average Bonchev–Trinajstić information content (AvgIpc) is 3.05. The molecule has 0 saturated heterocycles. The number of halogens is 3. The molecule has 1 unspecified atom stereocenters. The van der Waals surface area contributed by atoms with Gasteiger partial charge in [0.2, 0.25) is 0 Å². The van der Waals surface area contributed by atoms with Gasteiger partial charge in [-0.25, -0.2) is 24.5 Å². The van der Waals surface area contributed by atoms with Crippen LogP contribution >= 0.6 is 0 Å². The molecule has 28 heavy (non-hydrogen) atoms. The number of nitrogens with two attached hydrogens (primary N) is 1. The van der Waals surface area contributed by atoms with E-state index in [0.717, 1.165) is 5.56 Å². The first-order chi connectivity index (χ1) is 13.3. The number of benzene rings is 1. The number of fused-ring (bicyclic) bond motifs is 1. The second-order valence-electron chi connectivity index (χ2n) is 5.87. The lowest BCUT2D eigenvalue weighted by atomic mass is 10.1. The van der Waals surface area contributed by atoms with Crippen molar-refractivity contribution >= 4 is 23.1 Å². The summed E-state index contributed by atoms with van der Waals surface area (Å²) in [5, 5.41) is 0. The van der Waals surface area contributed by atoms with Crippen LogP contribution in [-0.2, 0) is 27.3 Å². The van der Waals surface area contributed by atoms with E-state index in [9.17, 15) is 22.8 Å². The van der Waals surface area contributed by atoms with Gasteiger partial charge in [0, 0.05) is 6.42 Å². The molecule has 1 aromatic carbocycles. The van der Waals surface area contributed by atoms with Crippen LogP contribution in [0.5, 0.6) is 0 Å². The van der Waals surface area contributed by atoms with E-state index in [4.69, 9.17) is 5.73 Å². The number of imidazole rings is 1. The van der Waals surface area contributed by atoms with E-state index in [0.29, 0.717) is 17.7 Å². The number of nitrogens with zero attached hydrogens (tertiary/aromatic N) is 4. The van der Waals surface area contributed by atoms with Crippen LogP contribution in [0, 0.1) is 0 Å². The first-order valence-electron chi connectivity index (χ1n) is 8.02. The van der Waals surface area contributed by atoms with Crippen LogP contribution in [0.15, 0.2) is 43.0 Å². The lowest BCUT2D eigenvalue weighted by Crippen LogP contribution is -2.39. The molecule has 0 radical (unpaired) electrons. The first kappa shape index (κ1) is 19.4. The molecule has 146 valence electrons. The molecule has 3 aromatic rings. The molecule has 0 aliphatic heterocycles. The molecule has 11 heteroatoms. The van der Waals surface area contributed by atoms with Crippen molar-refractivity contribution in [1.29, 1.82) is 0 Å². The van der Waals surface area contributed by atoms with Crippen molar-refractivity contribution in [3.05, 3.63) is 54.2 Å². The summed E-state index contributed by atoms with van der Waals surface area (Å²) in [4.78, 5) is 34.8. The van der Waals surface area contributed by atoms with Crippen molar-refractivity contribution in [2.45, 2.75) is 25.2 Å². The zero-order chi connectivity index (χ0) is 20.3. The molecule has 2 heterocycles. The molecule has 0 spiro atoms. The predicted molar refractivity (Wildman–Crippen MR) is 89.7 cm³/mol. The number of hydrogen-bond acceptors (Lipinski definition) is 7. The SMILES string of the molecule is NC(Cc1ncnc2c1ncn2Cc1ccccc1)C(=O)OC(=O)C(F)(F)F. The monoisotopic (exact) mass is 393 g/mol. The van der Waals surface area contributed by atoms with Gasteiger partial charge in [-0.3, -0.25) is 0 Å². The van der Waals surface area contributed by atoms with Crippen LogP contribution in [0.2, 0.25) is 0 Å². The average molecular weight is 393 g/mol. The third kappa shape index (κ3) is 4.31. The summed E-state index contributed by atoms with van der Waals surface area (Å²) < 4.78 is 42.1. The highest BCUT2D eigenvalue weighted by molar-refractivity contribution is 5.91. The van der Waals surface area contributed by atoms with Gasteiger partial charge in [0.25, 0.3) is 0 Å². The minimum absolute atomic E-state index is 0.251. The predicted octanol–water partition coefficient (Wildman–Crippen LogP) is 1.38. The number of rotatable bonds is 5. The Balaban J connectivity index is 1.77. The van der Waals surface area contributed by atoms with Crippen molar-refractivity contribution in [3.63, 3.8) is 0 Å². The van der Waals surface area contributed by atoms with Crippen LogP contribution in [0.25, 0.3) is 11.2 Å². The largest absolute Gasteiger partial charge is 0.491 e. The Morgan fingerprint density at radius 2 is 1.86 bits per heavy atom. The van der Waals surface area contributed by atoms with Gasteiger partial charge in [-0.2, -0.15) is 13.2 Å². The van der Waals surface area contributed by atoms with Crippen LogP contribution < -0.4 is 5.73 Å². The van der Waals surface area contributed by atoms with Gasteiger partial charge in [0.1, 0.15) is 17.9 Å². The molecule has 0 aliphatic rings. The Labute approximate surface area is 156 Å². The number of carbonyl (C=O) groups excluding carboxylic acids is 2. The highest BCUT2D eigenvalue weighted by Gasteiger charge is 2.43. The van der Waals surface area contributed by atoms with Crippen molar-refractivity contribution in [2.75, 3.05) is 0 Å².